The molecule has 20 rings (SSSR count). The number of aromatic nitrogens is 11. The standard InChI is InChI=1S/C83H49N11/c1-3-18-50(19-4-1)51-36-38-54(39-37-51)75-64-49-57(42-45-65(64)86-83(87-75)92-70-33-15-23-53-41-44-62-60-27-8-11-30-67(60)94(77(62)74(53)70)82-72(92)35-17-47-85-82)56-24-13-25-58(48-56)79-88-78(55-20-5-2-6-21-55)89-80(90-79)63-28-9-12-31-68(63)91-69-32-14-22-52-40-43-61-59-26-7-10-29-66(59)93(76(61)73(52)69)81-71(91)34-16-46-84-81/h1-49H. The van der Waals surface area contributed by atoms with Crippen LogP contribution in [0.5, 0.6) is 0 Å². The Kier molecular flexibility index (Phi) is 11.2. The van der Waals surface area contributed by atoms with Crippen molar-refractivity contribution in [1.82, 2.24) is 52.8 Å². The lowest BCUT2D eigenvalue weighted by Gasteiger charge is -2.17. The van der Waals surface area contributed by atoms with Gasteiger partial charge in [-0.2, -0.15) is 0 Å². The number of nitrogens with zero attached hydrogens (tertiary/aromatic N) is 11. The van der Waals surface area contributed by atoms with Gasteiger partial charge in [-0.15, -0.1) is 0 Å². The summed E-state index contributed by atoms with van der Waals surface area (Å²) in [5.74, 6) is 2.18. The van der Waals surface area contributed by atoms with Gasteiger partial charge in [-0.25, -0.2) is 34.9 Å². The lowest BCUT2D eigenvalue weighted by Crippen LogP contribution is -2.06. The highest BCUT2D eigenvalue weighted by Gasteiger charge is 2.25. The molecule has 0 N–H and O–H groups in total. The van der Waals surface area contributed by atoms with E-state index in [-0.39, 0.29) is 0 Å². The Morgan fingerprint density at radius 1 is 0.266 bits per heavy atom. The summed E-state index contributed by atoms with van der Waals surface area (Å²) in [5, 5.41) is 10.1. The molecule has 94 heavy (non-hydrogen) atoms. The third-order valence-corrected chi connectivity index (χ3v) is 18.9. The van der Waals surface area contributed by atoms with E-state index in [0.29, 0.717) is 23.4 Å². The molecule has 11 heteroatoms. The third-order valence-electron chi connectivity index (χ3n) is 18.9. The highest BCUT2D eigenvalue weighted by atomic mass is 15.2. The zero-order valence-electron chi connectivity index (χ0n) is 50.2. The highest BCUT2D eigenvalue weighted by molar-refractivity contribution is 6.25. The molecule has 0 unspecified atom stereocenters. The van der Waals surface area contributed by atoms with Crippen molar-refractivity contribution in [3.8, 4) is 79.3 Å². The molecule has 0 spiro atoms. The maximum Gasteiger partial charge on any atom is 0.235 e. The molecule has 12 aromatic carbocycles. The molecular formula is C83H49N11. The fourth-order valence-corrected chi connectivity index (χ4v) is 14.7. The summed E-state index contributed by atoms with van der Waals surface area (Å²) < 4.78 is 9.22. The van der Waals surface area contributed by atoms with Crippen molar-refractivity contribution < 1.29 is 0 Å². The summed E-state index contributed by atoms with van der Waals surface area (Å²) in [5.41, 5.74) is 20.1. The molecule has 20 aromatic rings. The predicted molar refractivity (Wildman–Crippen MR) is 382 cm³/mol. The van der Waals surface area contributed by atoms with Crippen LogP contribution in [0.3, 0.4) is 0 Å². The molecule has 0 bridgehead atoms. The minimum absolute atomic E-state index is 0.536. The summed E-state index contributed by atoms with van der Waals surface area (Å²) in [4.78, 5) is 37.8. The Morgan fingerprint density at radius 3 is 1.44 bits per heavy atom. The average Bonchev–Trinajstić information content (AvgIpc) is 1.54. The molecule has 8 aromatic heterocycles. The van der Waals surface area contributed by atoms with Crippen LogP contribution in [0.15, 0.2) is 298 Å². The molecule has 0 saturated heterocycles. The maximum atomic E-state index is 5.72. The first-order valence-corrected chi connectivity index (χ1v) is 31.5. The minimum Gasteiger partial charge on any atom is -0.306 e. The first-order chi connectivity index (χ1) is 46.6. The number of hydrogen-bond donors (Lipinski definition) is 0. The van der Waals surface area contributed by atoms with Gasteiger partial charge in [0.2, 0.25) is 5.95 Å². The van der Waals surface area contributed by atoms with Gasteiger partial charge in [-0.1, -0.05) is 206 Å². The SMILES string of the molecule is c1ccc(-c2ccc(-c3nc(-n4c5cccc6ccc7c8ccccc8n(c8ncccc84)c7c65)nc4ccc(-c5cccc(-c6nc(-c7ccccc7)nc(-c7ccccc7-n7c8cccc9ccc%10c%11ccccc%11n(c%11ncccc%117)c%10c98)n6)c5)cc34)cc2)cc1. The van der Waals surface area contributed by atoms with Crippen molar-refractivity contribution in [2.45, 2.75) is 0 Å². The molecule has 0 saturated carbocycles. The highest BCUT2D eigenvalue weighted by Crippen LogP contribution is 2.44. The van der Waals surface area contributed by atoms with Crippen LogP contribution in [-0.4, -0.2) is 52.8 Å². The van der Waals surface area contributed by atoms with Gasteiger partial charge in [0.25, 0.3) is 0 Å². The number of para-hydroxylation sites is 3. The first-order valence-electron chi connectivity index (χ1n) is 31.5. The monoisotopic (exact) mass is 1200 g/mol. The minimum atomic E-state index is 0.536. The number of benzene rings is 12. The second-order valence-electron chi connectivity index (χ2n) is 24.1. The van der Waals surface area contributed by atoms with Crippen LogP contribution < -0.4 is 0 Å². The topological polar surface area (TPSA) is 109 Å². The molecule has 11 nitrogen and oxygen atoms in total. The van der Waals surface area contributed by atoms with Crippen molar-refractivity contribution in [3.63, 3.8) is 0 Å². The number of pyridine rings is 2. The van der Waals surface area contributed by atoms with E-state index < -0.39 is 0 Å². The molecule has 0 radical (unpaired) electrons. The van der Waals surface area contributed by atoms with Gasteiger partial charge in [0, 0.05) is 72.4 Å². The molecule has 0 fully saturated rings. The van der Waals surface area contributed by atoms with E-state index in [4.69, 9.17) is 34.9 Å². The fraction of sp³-hybridized carbons (Fsp3) is 0. The largest absolute Gasteiger partial charge is 0.306 e. The molecule has 436 valence electrons. The second kappa shape index (κ2) is 20.3. The van der Waals surface area contributed by atoms with Crippen LogP contribution in [0.2, 0.25) is 0 Å². The smallest absolute Gasteiger partial charge is 0.235 e. The van der Waals surface area contributed by atoms with Gasteiger partial charge in [0.15, 0.2) is 28.8 Å². The molecule has 8 heterocycles. The van der Waals surface area contributed by atoms with Crippen molar-refractivity contribution >= 4 is 109 Å². The van der Waals surface area contributed by atoms with Gasteiger partial charge in [-0.05, 0) is 112 Å². The molecule has 0 aliphatic rings. The Morgan fingerprint density at radius 2 is 0.755 bits per heavy atom. The molecule has 0 atom stereocenters. The van der Waals surface area contributed by atoms with Crippen LogP contribution in [0.4, 0.5) is 0 Å². The molecule has 0 aliphatic heterocycles. The van der Waals surface area contributed by atoms with Crippen molar-refractivity contribution in [1.29, 1.82) is 0 Å². The Labute approximate surface area is 536 Å². The Hall–Kier alpha value is -13.0. The number of rotatable bonds is 8. The number of hydrogen-bond acceptors (Lipinski definition) is 7. The quantitative estimate of drug-likeness (QED) is 0.149. The van der Waals surface area contributed by atoms with Crippen molar-refractivity contribution in [2.24, 2.45) is 0 Å². The fourth-order valence-electron chi connectivity index (χ4n) is 14.7. The van der Waals surface area contributed by atoms with Crippen LogP contribution in [0, 0.1) is 0 Å². The van der Waals surface area contributed by atoms with E-state index in [0.717, 1.165) is 149 Å². The van der Waals surface area contributed by atoms with Gasteiger partial charge < -0.3 is 4.57 Å². The zero-order chi connectivity index (χ0) is 61.5. The van der Waals surface area contributed by atoms with E-state index in [9.17, 15) is 0 Å². The summed E-state index contributed by atoms with van der Waals surface area (Å²) in [6, 6.07) is 100. The van der Waals surface area contributed by atoms with Crippen LogP contribution in [0.25, 0.3) is 189 Å². The summed E-state index contributed by atoms with van der Waals surface area (Å²) in [6.07, 6.45) is 3.76. The number of fused-ring (bicyclic) bond motifs is 11. The molecule has 0 aliphatic carbocycles. The van der Waals surface area contributed by atoms with Gasteiger partial charge in [0.1, 0.15) is 0 Å². The van der Waals surface area contributed by atoms with Crippen molar-refractivity contribution in [2.75, 3.05) is 0 Å². The van der Waals surface area contributed by atoms with Gasteiger partial charge in [0.05, 0.1) is 61.0 Å². The average molecular weight is 1200 g/mol. The van der Waals surface area contributed by atoms with Crippen LogP contribution >= 0.6 is 0 Å². The lowest BCUT2D eigenvalue weighted by atomic mass is 9.97. The predicted octanol–water partition coefficient (Wildman–Crippen LogP) is 19.9. The Bertz CT molecular complexity index is 6510. The maximum absolute atomic E-state index is 5.72. The molecule has 0 amide bonds. The first kappa shape index (κ1) is 51.8. The molecular weight excluding hydrogens is 1150 g/mol. The van der Waals surface area contributed by atoms with E-state index in [1.54, 1.807) is 0 Å². The lowest BCUT2D eigenvalue weighted by molar-refractivity contribution is 1.01. The second-order valence-corrected chi connectivity index (χ2v) is 24.1. The van der Waals surface area contributed by atoms with Crippen molar-refractivity contribution in [3.05, 3.63) is 298 Å². The van der Waals surface area contributed by atoms with Crippen LogP contribution in [0.1, 0.15) is 0 Å². The van der Waals surface area contributed by atoms with E-state index >= 15 is 0 Å². The summed E-state index contributed by atoms with van der Waals surface area (Å²) >= 11 is 0. The third kappa shape index (κ3) is 7.75. The van der Waals surface area contributed by atoms with E-state index in [2.05, 4.69) is 273 Å². The zero-order valence-corrected chi connectivity index (χ0v) is 50.2. The van der Waals surface area contributed by atoms with Gasteiger partial charge >= 0.3 is 0 Å². The van der Waals surface area contributed by atoms with Gasteiger partial charge in [-0.3, -0.25) is 13.4 Å². The normalized spacial score (nSPS) is 12.0. The summed E-state index contributed by atoms with van der Waals surface area (Å²) in [7, 11) is 0. The summed E-state index contributed by atoms with van der Waals surface area (Å²) in [6.45, 7) is 0. The van der Waals surface area contributed by atoms with Crippen LogP contribution in [-0.2, 0) is 0 Å². The van der Waals surface area contributed by atoms with E-state index in [1.165, 1.54) is 16.2 Å². The Balaban J connectivity index is 0.777. The van der Waals surface area contributed by atoms with E-state index in [1.807, 2.05) is 42.7 Å².